The van der Waals surface area contributed by atoms with Crippen LogP contribution < -0.4 is 4.90 Å². The molecule has 16 heavy (non-hydrogen) atoms. The number of halogens is 1. The SMILES string of the molecule is CC1CN(c2ncncc2Br)CC(C)N1C. The van der Waals surface area contributed by atoms with E-state index >= 15 is 0 Å². The van der Waals surface area contributed by atoms with Gasteiger partial charge in [-0.25, -0.2) is 9.97 Å². The van der Waals surface area contributed by atoms with Gasteiger partial charge in [0.2, 0.25) is 0 Å². The predicted molar refractivity (Wildman–Crippen MR) is 68.6 cm³/mol. The summed E-state index contributed by atoms with van der Waals surface area (Å²) >= 11 is 3.51. The minimum Gasteiger partial charge on any atom is -0.352 e. The van der Waals surface area contributed by atoms with Crippen molar-refractivity contribution in [3.63, 3.8) is 0 Å². The van der Waals surface area contributed by atoms with Crippen molar-refractivity contribution in [3.8, 4) is 0 Å². The molecule has 0 aromatic carbocycles. The number of likely N-dealkylation sites (N-methyl/N-ethyl adjacent to an activating group) is 1. The minimum atomic E-state index is 0.547. The first kappa shape index (κ1) is 11.8. The third-order valence-corrected chi connectivity index (χ3v) is 3.87. The van der Waals surface area contributed by atoms with Crippen molar-refractivity contribution in [2.45, 2.75) is 25.9 Å². The van der Waals surface area contributed by atoms with Gasteiger partial charge in [-0.15, -0.1) is 0 Å². The summed E-state index contributed by atoms with van der Waals surface area (Å²) < 4.78 is 0.971. The smallest absolute Gasteiger partial charge is 0.146 e. The predicted octanol–water partition coefficient (Wildman–Crippen LogP) is 1.77. The fourth-order valence-corrected chi connectivity index (χ4v) is 2.59. The Hall–Kier alpha value is -0.680. The van der Waals surface area contributed by atoms with Gasteiger partial charge in [-0.3, -0.25) is 4.90 Å². The number of aromatic nitrogens is 2. The van der Waals surface area contributed by atoms with E-state index in [9.17, 15) is 0 Å². The van der Waals surface area contributed by atoms with E-state index in [1.54, 1.807) is 12.5 Å². The topological polar surface area (TPSA) is 32.3 Å². The molecule has 88 valence electrons. The van der Waals surface area contributed by atoms with Crippen LogP contribution in [0.5, 0.6) is 0 Å². The number of rotatable bonds is 1. The first-order chi connectivity index (χ1) is 7.59. The van der Waals surface area contributed by atoms with Gasteiger partial charge < -0.3 is 4.90 Å². The van der Waals surface area contributed by atoms with Gasteiger partial charge in [-0.1, -0.05) is 0 Å². The maximum Gasteiger partial charge on any atom is 0.146 e. The molecule has 1 aliphatic heterocycles. The lowest BCUT2D eigenvalue weighted by atomic mass is 10.1. The summed E-state index contributed by atoms with van der Waals surface area (Å²) in [6.45, 7) is 6.52. The molecule has 2 unspecified atom stereocenters. The van der Waals surface area contributed by atoms with Gasteiger partial charge in [0.05, 0.1) is 4.47 Å². The summed E-state index contributed by atoms with van der Waals surface area (Å²) in [6.07, 6.45) is 3.41. The minimum absolute atomic E-state index is 0.547. The number of hydrogen-bond donors (Lipinski definition) is 0. The molecule has 5 heteroatoms. The third-order valence-electron chi connectivity index (χ3n) is 3.31. The quantitative estimate of drug-likeness (QED) is 0.787. The van der Waals surface area contributed by atoms with Crippen LogP contribution in [0.15, 0.2) is 17.0 Å². The molecule has 0 N–H and O–H groups in total. The molecular formula is C11H17BrN4. The number of hydrogen-bond acceptors (Lipinski definition) is 4. The average Bonchev–Trinajstić information content (AvgIpc) is 2.26. The van der Waals surface area contributed by atoms with Crippen molar-refractivity contribution in [2.24, 2.45) is 0 Å². The maximum absolute atomic E-state index is 4.35. The van der Waals surface area contributed by atoms with E-state index in [0.29, 0.717) is 12.1 Å². The zero-order chi connectivity index (χ0) is 11.7. The summed E-state index contributed by atoms with van der Waals surface area (Å²) in [5.74, 6) is 1.00. The van der Waals surface area contributed by atoms with Crippen LogP contribution in [0.25, 0.3) is 0 Å². The largest absolute Gasteiger partial charge is 0.352 e. The molecule has 2 atom stereocenters. The van der Waals surface area contributed by atoms with E-state index in [0.717, 1.165) is 23.4 Å². The Labute approximate surface area is 105 Å². The molecule has 0 spiro atoms. The molecule has 2 heterocycles. The highest BCUT2D eigenvalue weighted by Crippen LogP contribution is 2.25. The van der Waals surface area contributed by atoms with E-state index in [-0.39, 0.29) is 0 Å². The molecule has 1 aromatic rings. The summed E-state index contributed by atoms with van der Waals surface area (Å²) in [4.78, 5) is 13.1. The molecule has 2 rings (SSSR count). The second-order valence-corrected chi connectivity index (χ2v) is 5.32. The van der Waals surface area contributed by atoms with E-state index in [4.69, 9.17) is 0 Å². The van der Waals surface area contributed by atoms with Gasteiger partial charge >= 0.3 is 0 Å². The van der Waals surface area contributed by atoms with Crippen molar-refractivity contribution >= 4 is 21.7 Å². The Bertz CT molecular complexity index is 359. The summed E-state index contributed by atoms with van der Waals surface area (Å²) in [6, 6.07) is 1.09. The fourth-order valence-electron chi connectivity index (χ4n) is 2.12. The Morgan fingerprint density at radius 3 is 2.50 bits per heavy atom. The fraction of sp³-hybridized carbons (Fsp3) is 0.636. The first-order valence-corrected chi connectivity index (χ1v) is 6.31. The first-order valence-electron chi connectivity index (χ1n) is 5.52. The average molecular weight is 285 g/mol. The van der Waals surface area contributed by atoms with Gasteiger partial charge in [0, 0.05) is 31.4 Å². The van der Waals surface area contributed by atoms with Gasteiger partial charge in [0.1, 0.15) is 12.1 Å². The second kappa shape index (κ2) is 4.67. The molecule has 0 bridgehead atoms. The number of piperazine rings is 1. The lowest BCUT2D eigenvalue weighted by Gasteiger charge is -2.43. The van der Waals surface area contributed by atoms with Crippen molar-refractivity contribution in [1.29, 1.82) is 0 Å². The Morgan fingerprint density at radius 1 is 1.31 bits per heavy atom. The van der Waals surface area contributed by atoms with Gasteiger partial charge in [-0.05, 0) is 36.8 Å². The normalized spacial score (nSPS) is 27.1. The molecule has 1 aliphatic rings. The van der Waals surface area contributed by atoms with Crippen LogP contribution in [0.4, 0.5) is 5.82 Å². The summed E-state index contributed by atoms with van der Waals surface area (Å²) in [7, 11) is 2.18. The molecule has 0 saturated carbocycles. The molecule has 4 nitrogen and oxygen atoms in total. The van der Waals surface area contributed by atoms with E-state index < -0.39 is 0 Å². The number of nitrogens with zero attached hydrogens (tertiary/aromatic N) is 4. The van der Waals surface area contributed by atoms with Crippen LogP contribution in [0, 0.1) is 0 Å². The Balaban J connectivity index is 2.20. The molecule has 1 fully saturated rings. The van der Waals surface area contributed by atoms with E-state index in [1.165, 1.54) is 0 Å². The van der Waals surface area contributed by atoms with Gasteiger partial charge in [0.15, 0.2) is 0 Å². The second-order valence-electron chi connectivity index (χ2n) is 4.46. The third kappa shape index (κ3) is 2.20. The van der Waals surface area contributed by atoms with Crippen LogP contribution in [-0.2, 0) is 0 Å². The van der Waals surface area contributed by atoms with Crippen molar-refractivity contribution in [1.82, 2.24) is 14.9 Å². The Morgan fingerprint density at radius 2 is 1.94 bits per heavy atom. The lowest BCUT2D eigenvalue weighted by Crippen LogP contribution is -2.55. The Kier molecular flexibility index (Phi) is 3.44. The zero-order valence-corrected chi connectivity index (χ0v) is 11.5. The zero-order valence-electron chi connectivity index (χ0n) is 9.89. The van der Waals surface area contributed by atoms with E-state index in [1.807, 2.05) is 0 Å². The van der Waals surface area contributed by atoms with Crippen molar-refractivity contribution in [2.75, 3.05) is 25.0 Å². The maximum atomic E-state index is 4.35. The van der Waals surface area contributed by atoms with Crippen LogP contribution in [0.1, 0.15) is 13.8 Å². The van der Waals surface area contributed by atoms with Gasteiger partial charge in [0.25, 0.3) is 0 Å². The highest BCUT2D eigenvalue weighted by Gasteiger charge is 2.27. The monoisotopic (exact) mass is 284 g/mol. The summed E-state index contributed by atoms with van der Waals surface area (Å²) in [5, 5.41) is 0. The molecule has 0 radical (unpaired) electrons. The molecular weight excluding hydrogens is 268 g/mol. The molecule has 1 saturated heterocycles. The highest BCUT2D eigenvalue weighted by molar-refractivity contribution is 9.10. The van der Waals surface area contributed by atoms with E-state index in [2.05, 4.69) is 56.6 Å². The standard InChI is InChI=1S/C11H17BrN4/c1-8-5-16(6-9(2)15(8)3)11-10(12)4-13-7-14-11/h4,7-9H,5-6H2,1-3H3. The van der Waals surface area contributed by atoms with Crippen LogP contribution in [0.3, 0.4) is 0 Å². The van der Waals surface area contributed by atoms with Crippen LogP contribution in [0.2, 0.25) is 0 Å². The van der Waals surface area contributed by atoms with Crippen molar-refractivity contribution < 1.29 is 0 Å². The lowest BCUT2D eigenvalue weighted by molar-refractivity contribution is 0.169. The van der Waals surface area contributed by atoms with Crippen molar-refractivity contribution in [3.05, 3.63) is 17.0 Å². The molecule has 0 aliphatic carbocycles. The van der Waals surface area contributed by atoms with Gasteiger partial charge in [-0.2, -0.15) is 0 Å². The molecule has 0 amide bonds. The summed E-state index contributed by atoms with van der Waals surface area (Å²) in [5.41, 5.74) is 0. The number of anilines is 1. The van der Waals surface area contributed by atoms with Crippen LogP contribution in [-0.4, -0.2) is 47.1 Å². The van der Waals surface area contributed by atoms with Crippen LogP contribution >= 0.6 is 15.9 Å². The highest BCUT2D eigenvalue weighted by atomic mass is 79.9. The molecule has 1 aromatic heterocycles.